The summed E-state index contributed by atoms with van der Waals surface area (Å²) in [4.78, 5) is 28.7. The molecule has 7 nitrogen and oxygen atoms in total. The molecule has 1 aromatic rings. The molecule has 3 rings (SSSR count). The molecule has 178 valence electrons. The molecule has 2 saturated heterocycles. The van der Waals surface area contributed by atoms with Gasteiger partial charge in [0.25, 0.3) is 5.91 Å². The number of carbonyl (C=O) groups is 2. The number of piperazine rings is 1. The van der Waals surface area contributed by atoms with Crippen molar-refractivity contribution in [2.45, 2.75) is 32.4 Å². The van der Waals surface area contributed by atoms with E-state index in [1.807, 2.05) is 0 Å². The van der Waals surface area contributed by atoms with Crippen molar-refractivity contribution in [3.05, 3.63) is 35.4 Å². The van der Waals surface area contributed by atoms with Crippen LogP contribution in [-0.4, -0.2) is 79.4 Å². The smallest absolute Gasteiger partial charge is 0.339 e. The Hall–Kier alpha value is -2.14. The monoisotopic (exact) mass is 475 g/mol. The van der Waals surface area contributed by atoms with Crippen molar-refractivity contribution in [2.24, 2.45) is 5.92 Å². The highest BCUT2D eigenvalue weighted by Gasteiger charge is 2.35. The van der Waals surface area contributed by atoms with Gasteiger partial charge in [0, 0.05) is 44.8 Å². The number of piperidine rings is 1. The van der Waals surface area contributed by atoms with Gasteiger partial charge in [-0.1, -0.05) is 6.92 Å². The van der Waals surface area contributed by atoms with E-state index < -0.39 is 27.7 Å². The Bertz CT molecular complexity index is 927. The number of nitrogens with zero attached hydrogens (tertiary/aromatic N) is 3. The third-order valence-corrected chi connectivity index (χ3v) is 7.97. The number of rotatable bonds is 5. The Morgan fingerprint density at radius 3 is 2.16 bits per heavy atom. The summed E-state index contributed by atoms with van der Waals surface area (Å²) in [5.41, 5.74) is -0.645. The van der Waals surface area contributed by atoms with Gasteiger partial charge >= 0.3 is 6.18 Å². The van der Waals surface area contributed by atoms with Crippen LogP contribution in [0.2, 0.25) is 0 Å². The minimum atomic E-state index is -4.46. The predicted octanol–water partition coefficient (Wildman–Crippen LogP) is 2.44. The van der Waals surface area contributed by atoms with E-state index in [9.17, 15) is 31.2 Å². The Morgan fingerprint density at radius 1 is 1.00 bits per heavy atom. The molecule has 0 spiro atoms. The van der Waals surface area contributed by atoms with Crippen LogP contribution >= 0.6 is 0 Å². The molecule has 0 radical (unpaired) electrons. The molecule has 2 aliphatic heterocycles. The molecule has 0 aromatic heterocycles. The SMILES string of the molecule is CCCS(=O)(=O)N1CCCC(C(=O)N2CCN(C(=O)c3ccc(C(F)(F)F)cc3)CC2)C1. The van der Waals surface area contributed by atoms with Gasteiger partial charge in [-0.15, -0.1) is 0 Å². The number of halogens is 3. The van der Waals surface area contributed by atoms with Gasteiger partial charge in [0.1, 0.15) is 0 Å². The molecule has 1 aromatic carbocycles. The lowest BCUT2D eigenvalue weighted by atomic mass is 9.97. The lowest BCUT2D eigenvalue weighted by Crippen LogP contribution is -2.54. The molecule has 2 heterocycles. The highest BCUT2D eigenvalue weighted by atomic mass is 32.2. The first kappa shape index (κ1) is 24.5. The standard InChI is InChI=1S/C21H28F3N3O4S/c1-2-14-32(30,31)27-9-3-4-17(15-27)20(29)26-12-10-25(11-13-26)19(28)16-5-7-18(8-6-16)21(22,23)24/h5-8,17H,2-4,9-15H2,1H3. The van der Waals surface area contributed by atoms with E-state index in [0.717, 1.165) is 24.3 Å². The van der Waals surface area contributed by atoms with E-state index in [-0.39, 0.29) is 42.8 Å². The topological polar surface area (TPSA) is 78.0 Å². The lowest BCUT2D eigenvalue weighted by molar-refractivity contribution is -0.138. The van der Waals surface area contributed by atoms with Crippen LogP contribution < -0.4 is 0 Å². The number of hydrogen-bond donors (Lipinski definition) is 0. The number of benzene rings is 1. The highest BCUT2D eigenvalue weighted by molar-refractivity contribution is 7.89. The number of amides is 2. The summed E-state index contributed by atoms with van der Waals surface area (Å²) in [5, 5.41) is 0. The van der Waals surface area contributed by atoms with Crippen LogP contribution in [-0.2, 0) is 21.0 Å². The minimum Gasteiger partial charge on any atom is -0.339 e. The van der Waals surface area contributed by atoms with E-state index in [1.54, 1.807) is 11.8 Å². The predicted molar refractivity (Wildman–Crippen MR) is 112 cm³/mol. The Morgan fingerprint density at radius 2 is 1.59 bits per heavy atom. The maximum absolute atomic E-state index is 13.0. The third kappa shape index (κ3) is 5.61. The first-order chi connectivity index (χ1) is 15.0. The summed E-state index contributed by atoms with van der Waals surface area (Å²) in [5.74, 6) is -0.811. The van der Waals surface area contributed by atoms with Crippen LogP contribution in [0.25, 0.3) is 0 Å². The second kappa shape index (κ2) is 9.78. The van der Waals surface area contributed by atoms with Crippen LogP contribution in [0, 0.1) is 5.92 Å². The molecule has 2 amide bonds. The van der Waals surface area contributed by atoms with E-state index in [1.165, 1.54) is 9.21 Å². The molecule has 0 bridgehead atoms. The minimum absolute atomic E-state index is 0.0681. The molecule has 0 aliphatic carbocycles. The fraction of sp³-hybridized carbons (Fsp3) is 0.619. The number of carbonyl (C=O) groups excluding carboxylic acids is 2. The van der Waals surface area contributed by atoms with Crippen molar-refractivity contribution in [1.29, 1.82) is 0 Å². The van der Waals surface area contributed by atoms with Crippen molar-refractivity contribution < 1.29 is 31.2 Å². The number of hydrogen-bond acceptors (Lipinski definition) is 4. The molecule has 2 aliphatic rings. The van der Waals surface area contributed by atoms with Crippen molar-refractivity contribution in [3.8, 4) is 0 Å². The van der Waals surface area contributed by atoms with Crippen molar-refractivity contribution in [2.75, 3.05) is 45.0 Å². The molecule has 0 saturated carbocycles. The summed E-state index contributed by atoms with van der Waals surface area (Å²) < 4.78 is 64.2. The highest BCUT2D eigenvalue weighted by Crippen LogP contribution is 2.29. The zero-order valence-corrected chi connectivity index (χ0v) is 18.8. The molecular formula is C21H28F3N3O4S. The normalized spacial score (nSPS) is 20.9. The van der Waals surface area contributed by atoms with Crippen molar-refractivity contribution >= 4 is 21.8 Å². The molecule has 0 N–H and O–H groups in total. The lowest BCUT2D eigenvalue weighted by Gasteiger charge is -2.38. The fourth-order valence-electron chi connectivity index (χ4n) is 4.16. The van der Waals surface area contributed by atoms with E-state index in [0.29, 0.717) is 38.9 Å². The second-order valence-electron chi connectivity index (χ2n) is 8.21. The average Bonchev–Trinajstić information content (AvgIpc) is 2.78. The molecular weight excluding hydrogens is 447 g/mol. The molecule has 1 unspecified atom stereocenters. The van der Waals surface area contributed by atoms with Gasteiger partial charge in [-0.3, -0.25) is 9.59 Å². The van der Waals surface area contributed by atoms with Crippen LogP contribution in [0.3, 0.4) is 0 Å². The van der Waals surface area contributed by atoms with Gasteiger partial charge in [0.15, 0.2) is 0 Å². The largest absolute Gasteiger partial charge is 0.416 e. The Balaban J connectivity index is 1.56. The van der Waals surface area contributed by atoms with Crippen LogP contribution in [0.5, 0.6) is 0 Å². The van der Waals surface area contributed by atoms with E-state index >= 15 is 0 Å². The van der Waals surface area contributed by atoms with Gasteiger partial charge in [-0.05, 0) is 43.5 Å². The zero-order chi connectivity index (χ0) is 23.5. The second-order valence-corrected chi connectivity index (χ2v) is 10.3. The van der Waals surface area contributed by atoms with Gasteiger partial charge in [0.05, 0.1) is 17.2 Å². The Kier molecular flexibility index (Phi) is 7.49. The summed E-state index contributed by atoms with van der Waals surface area (Å²) in [6.07, 6.45) is -2.68. The van der Waals surface area contributed by atoms with Gasteiger partial charge in [-0.2, -0.15) is 13.2 Å². The summed E-state index contributed by atoms with van der Waals surface area (Å²) in [6.45, 7) is 3.59. The van der Waals surface area contributed by atoms with Crippen LogP contribution in [0.1, 0.15) is 42.1 Å². The summed E-state index contributed by atoms with van der Waals surface area (Å²) in [6, 6.07) is 4.09. The van der Waals surface area contributed by atoms with Crippen LogP contribution in [0.15, 0.2) is 24.3 Å². The summed E-state index contributed by atoms with van der Waals surface area (Å²) in [7, 11) is -3.35. The van der Waals surface area contributed by atoms with Gasteiger partial charge in [-0.25, -0.2) is 12.7 Å². The molecule has 11 heteroatoms. The van der Waals surface area contributed by atoms with Gasteiger partial charge in [0.2, 0.25) is 15.9 Å². The van der Waals surface area contributed by atoms with Crippen molar-refractivity contribution in [1.82, 2.24) is 14.1 Å². The quantitative estimate of drug-likeness (QED) is 0.656. The Labute approximate surface area is 186 Å². The molecule has 1 atom stereocenters. The number of sulfonamides is 1. The third-order valence-electron chi connectivity index (χ3n) is 5.93. The van der Waals surface area contributed by atoms with Gasteiger partial charge < -0.3 is 9.80 Å². The van der Waals surface area contributed by atoms with E-state index in [2.05, 4.69) is 0 Å². The maximum Gasteiger partial charge on any atom is 0.416 e. The van der Waals surface area contributed by atoms with Crippen molar-refractivity contribution in [3.63, 3.8) is 0 Å². The summed E-state index contributed by atoms with van der Waals surface area (Å²) >= 11 is 0. The molecule has 2 fully saturated rings. The first-order valence-electron chi connectivity index (χ1n) is 10.8. The fourth-order valence-corrected chi connectivity index (χ4v) is 5.74. The zero-order valence-electron chi connectivity index (χ0n) is 18.0. The number of alkyl halides is 3. The maximum atomic E-state index is 13.0. The first-order valence-corrected chi connectivity index (χ1v) is 12.4. The molecule has 32 heavy (non-hydrogen) atoms. The average molecular weight is 476 g/mol. The van der Waals surface area contributed by atoms with Crippen LogP contribution in [0.4, 0.5) is 13.2 Å². The van der Waals surface area contributed by atoms with E-state index in [4.69, 9.17) is 0 Å².